The van der Waals surface area contributed by atoms with Crippen molar-refractivity contribution in [3.05, 3.63) is 0 Å². The van der Waals surface area contributed by atoms with Gasteiger partial charge in [-0.3, -0.25) is 0 Å². The third-order valence-electron chi connectivity index (χ3n) is 2.48. The lowest BCUT2D eigenvalue weighted by Crippen LogP contribution is -2.32. The van der Waals surface area contributed by atoms with Gasteiger partial charge in [0, 0.05) is 25.4 Å². The smallest absolute Gasteiger partial charge is 0.0109 e. The molecule has 0 atom stereocenters. The lowest BCUT2D eigenvalue weighted by atomic mass is 10.4. The highest BCUT2D eigenvalue weighted by Gasteiger charge is 2.10. The van der Waals surface area contributed by atoms with Crippen LogP contribution in [0, 0.1) is 0 Å². The van der Waals surface area contributed by atoms with Crippen LogP contribution in [0.5, 0.6) is 0 Å². The van der Waals surface area contributed by atoms with E-state index in [0.29, 0.717) is 0 Å². The second-order valence-electron chi connectivity index (χ2n) is 3.58. The molecule has 0 aromatic rings. The minimum absolute atomic E-state index is 0.969. The number of hydrogen-bond acceptors (Lipinski definition) is 3. The molecule has 1 aliphatic rings. The molecule has 3 heteroatoms. The zero-order chi connectivity index (χ0) is 8.81. The van der Waals surface area contributed by atoms with Gasteiger partial charge in [-0.25, -0.2) is 0 Å². The quantitative estimate of drug-likeness (QED) is 0.642. The molecule has 0 bridgehead atoms. The molecule has 12 heavy (non-hydrogen) atoms. The van der Waals surface area contributed by atoms with Crippen molar-refractivity contribution in [2.24, 2.45) is 0 Å². The fourth-order valence-electron chi connectivity index (χ4n) is 1.60. The molecule has 1 aliphatic heterocycles. The van der Waals surface area contributed by atoms with Crippen molar-refractivity contribution in [3.8, 4) is 0 Å². The summed E-state index contributed by atoms with van der Waals surface area (Å²) < 4.78 is 0. The van der Waals surface area contributed by atoms with E-state index in [-0.39, 0.29) is 0 Å². The third-order valence-corrected chi connectivity index (χ3v) is 2.68. The van der Waals surface area contributed by atoms with E-state index in [1.165, 1.54) is 39.0 Å². The first-order valence-electron chi connectivity index (χ1n) is 4.84. The van der Waals surface area contributed by atoms with E-state index in [0.717, 1.165) is 12.3 Å². The van der Waals surface area contributed by atoms with Gasteiger partial charge in [0.2, 0.25) is 0 Å². The van der Waals surface area contributed by atoms with E-state index in [4.69, 9.17) is 0 Å². The van der Waals surface area contributed by atoms with Crippen molar-refractivity contribution in [1.82, 2.24) is 9.80 Å². The monoisotopic (exact) mass is 188 g/mol. The van der Waals surface area contributed by atoms with Crippen LogP contribution in [0.2, 0.25) is 0 Å². The molecule has 0 spiro atoms. The number of nitrogens with zero attached hydrogens (tertiary/aromatic N) is 2. The Labute approximate surface area is 81.3 Å². The van der Waals surface area contributed by atoms with E-state index in [2.05, 4.69) is 29.5 Å². The van der Waals surface area contributed by atoms with Gasteiger partial charge in [0.15, 0.2) is 0 Å². The van der Waals surface area contributed by atoms with Gasteiger partial charge in [-0.1, -0.05) is 0 Å². The molecular weight excluding hydrogens is 168 g/mol. The van der Waals surface area contributed by atoms with E-state index in [1.807, 2.05) is 0 Å². The average Bonchev–Trinajstić information content (AvgIpc) is 2.53. The van der Waals surface area contributed by atoms with Crippen LogP contribution < -0.4 is 0 Å². The van der Waals surface area contributed by atoms with Gasteiger partial charge in [0.1, 0.15) is 0 Å². The summed E-state index contributed by atoms with van der Waals surface area (Å²) in [5, 5.41) is 0. The largest absolute Gasteiger partial charge is 0.304 e. The number of thiol groups is 1. The van der Waals surface area contributed by atoms with Gasteiger partial charge < -0.3 is 9.80 Å². The fraction of sp³-hybridized carbons (Fsp3) is 1.00. The Balaban J connectivity index is 1.99. The Bertz CT molecular complexity index is 113. The second kappa shape index (κ2) is 5.84. The summed E-state index contributed by atoms with van der Waals surface area (Å²) in [6, 6.07) is 0. The van der Waals surface area contributed by atoms with Crippen LogP contribution in [0.3, 0.4) is 0 Å². The second-order valence-corrected chi connectivity index (χ2v) is 4.02. The zero-order valence-electron chi connectivity index (χ0n) is 8.00. The fourth-order valence-corrected chi connectivity index (χ4v) is 1.94. The van der Waals surface area contributed by atoms with Gasteiger partial charge in [0.25, 0.3) is 0 Å². The van der Waals surface area contributed by atoms with Gasteiger partial charge in [-0.15, -0.1) is 0 Å². The summed E-state index contributed by atoms with van der Waals surface area (Å²) in [6.07, 6.45) is 2.80. The summed E-state index contributed by atoms with van der Waals surface area (Å²) in [4.78, 5) is 4.90. The number of hydrogen-bond donors (Lipinski definition) is 1. The molecule has 1 fully saturated rings. The van der Waals surface area contributed by atoms with E-state index >= 15 is 0 Å². The van der Waals surface area contributed by atoms with Crippen LogP contribution in [0.15, 0.2) is 0 Å². The maximum Gasteiger partial charge on any atom is 0.0109 e. The minimum atomic E-state index is 0.969. The number of likely N-dealkylation sites (N-methyl/N-ethyl adjacent to an activating group) is 1. The molecule has 1 rings (SSSR count). The van der Waals surface area contributed by atoms with Crippen molar-refractivity contribution >= 4 is 12.6 Å². The Morgan fingerprint density at radius 1 is 1.25 bits per heavy atom. The predicted molar refractivity (Wildman–Crippen MR) is 57.0 cm³/mol. The third kappa shape index (κ3) is 3.78. The van der Waals surface area contributed by atoms with Gasteiger partial charge >= 0.3 is 0 Å². The van der Waals surface area contributed by atoms with Crippen molar-refractivity contribution in [3.63, 3.8) is 0 Å². The van der Waals surface area contributed by atoms with Crippen LogP contribution in [0.25, 0.3) is 0 Å². The molecular formula is C9H20N2S. The average molecular weight is 188 g/mol. The van der Waals surface area contributed by atoms with Crippen molar-refractivity contribution in [2.75, 3.05) is 45.5 Å². The Morgan fingerprint density at radius 3 is 2.50 bits per heavy atom. The van der Waals surface area contributed by atoms with Gasteiger partial charge in [-0.05, 0) is 33.0 Å². The maximum absolute atomic E-state index is 4.21. The molecule has 0 saturated carbocycles. The predicted octanol–water partition coefficient (Wildman–Crippen LogP) is 0.944. The first-order chi connectivity index (χ1) is 5.83. The molecule has 72 valence electrons. The summed E-state index contributed by atoms with van der Waals surface area (Å²) in [5.74, 6) is 0.969. The van der Waals surface area contributed by atoms with Gasteiger partial charge in [-0.2, -0.15) is 12.6 Å². The van der Waals surface area contributed by atoms with E-state index in [9.17, 15) is 0 Å². The normalized spacial score (nSPS) is 19.2. The number of rotatable bonds is 5. The lowest BCUT2D eigenvalue weighted by molar-refractivity contribution is 0.266. The summed E-state index contributed by atoms with van der Waals surface area (Å²) in [6.45, 7) is 6.17. The van der Waals surface area contributed by atoms with Crippen LogP contribution in [0.1, 0.15) is 12.8 Å². The molecule has 0 amide bonds. The minimum Gasteiger partial charge on any atom is -0.304 e. The molecule has 0 aromatic heterocycles. The summed E-state index contributed by atoms with van der Waals surface area (Å²) in [7, 11) is 2.17. The zero-order valence-corrected chi connectivity index (χ0v) is 8.89. The highest BCUT2D eigenvalue weighted by Crippen LogP contribution is 2.06. The standard InChI is InChI=1S/C9H20N2S/c1-10(8-9-12)6-7-11-4-2-3-5-11/h12H,2-9H2,1H3. The first-order valence-corrected chi connectivity index (χ1v) is 5.48. The summed E-state index contributed by atoms with van der Waals surface area (Å²) in [5.41, 5.74) is 0. The molecule has 0 aliphatic carbocycles. The highest BCUT2D eigenvalue weighted by atomic mass is 32.1. The van der Waals surface area contributed by atoms with E-state index in [1.54, 1.807) is 0 Å². The maximum atomic E-state index is 4.21. The van der Waals surface area contributed by atoms with Crippen molar-refractivity contribution in [2.45, 2.75) is 12.8 Å². The van der Waals surface area contributed by atoms with Crippen LogP contribution in [-0.4, -0.2) is 55.3 Å². The van der Waals surface area contributed by atoms with Crippen molar-refractivity contribution < 1.29 is 0 Å². The Kier molecular flexibility index (Phi) is 5.04. The first kappa shape index (κ1) is 10.4. The van der Waals surface area contributed by atoms with Gasteiger partial charge in [0.05, 0.1) is 0 Å². The lowest BCUT2D eigenvalue weighted by Gasteiger charge is -2.20. The van der Waals surface area contributed by atoms with Crippen LogP contribution in [0.4, 0.5) is 0 Å². The Hall–Kier alpha value is 0.270. The topological polar surface area (TPSA) is 6.48 Å². The molecule has 1 saturated heterocycles. The van der Waals surface area contributed by atoms with Crippen molar-refractivity contribution in [1.29, 1.82) is 0 Å². The van der Waals surface area contributed by atoms with Crippen LogP contribution >= 0.6 is 12.6 Å². The Morgan fingerprint density at radius 2 is 1.92 bits per heavy atom. The van der Waals surface area contributed by atoms with Crippen LogP contribution in [-0.2, 0) is 0 Å². The molecule has 0 aromatic carbocycles. The van der Waals surface area contributed by atoms with E-state index < -0.39 is 0 Å². The molecule has 2 nitrogen and oxygen atoms in total. The summed E-state index contributed by atoms with van der Waals surface area (Å²) >= 11 is 4.21. The SMILES string of the molecule is CN(CCS)CCN1CCCC1. The molecule has 0 unspecified atom stereocenters. The molecule has 0 N–H and O–H groups in total. The highest BCUT2D eigenvalue weighted by molar-refractivity contribution is 7.80. The molecule has 0 radical (unpaired) electrons. The number of likely N-dealkylation sites (tertiary alicyclic amines) is 1. The molecule has 1 heterocycles.